The monoisotopic (exact) mass is 153 g/mol. The first-order valence-corrected chi connectivity index (χ1v) is 1.94. The predicted molar refractivity (Wildman–Crippen MR) is 24.8 cm³/mol. The molecule has 4 heteroatoms. The Hall–Kier alpha value is 1.04. The molecular weight excluding hydrogens is 149 g/mol. The second kappa shape index (κ2) is 5.04. The molecule has 1 nitrogen and oxygen atoms in total. The molecule has 2 atom stereocenters. The minimum atomic E-state index is 0. The molecule has 0 aromatic carbocycles. The van der Waals surface area contributed by atoms with E-state index in [4.69, 9.17) is 0 Å². The first-order valence-electron chi connectivity index (χ1n) is 0.781. The molecule has 1 radical (unpaired) electrons. The van der Waals surface area contributed by atoms with Crippen molar-refractivity contribution in [2.75, 3.05) is 0 Å². The molecule has 2 unspecified atom stereocenters. The van der Waals surface area contributed by atoms with Crippen LogP contribution in [0.25, 0.3) is 0 Å². The van der Waals surface area contributed by atoms with Gasteiger partial charge in [-0.25, -0.2) is 0 Å². The molecule has 0 aromatic rings. The second-order valence-electron chi connectivity index (χ2n) is 0.402. The van der Waals surface area contributed by atoms with Gasteiger partial charge in [-0.1, -0.05) is 18.5 Å². The van der Waals surface area contributed by atoms with Crippen molar-refractivity contribution >= 4 is 23.7 Å². The molecule has 33 valence electrons. The summed E-state index contributed by atoms with van der Waals surface area (Å²) in [6, 6.07) is 0. The van der Waals surface area contributed by atoms with Crippen molar-refractivity contribution in [3.05, 3.63) is 0 Å². The zero-order chi connectivity index (χ0) is 3.58. The zero-order valence-electron chi connectivity index (χ0n) is 2.40. The molecule has 0 aliphatic heterocycles. The molecule has 0 fully saturated rings. The van der Waals surface area contributed by atoms with E-state index in [0.717, 1.165) is 0 Å². The number of carbonyl (C=O) groups excluding carboxylic acids is 1. The number of hydrogen-bond acceptors (Lipinski definition) is 1. The van der Waals surface area contributed by atoms with Gasteiger partial charge in [0.1, 0.15) is 0 Å². The van der Waals surface area contributed by atoms with Gasteiger partial charge in [0, 0.05) is 16.8 Å². The molecule has 5 heavy (non-hydrogen) atoms. The summed E-state index contributed by atoms with van der Waals surface area (Å²) in [6.07, 6.45) is 0. The van der Waals surface area contributed by atoms with E-state index in [1.54, 1.807) is 0 Å². The van der Waals surface area contributed by atoms with Crippen molar-refractivity contribution in [1.82, 2.24) is 0 Å². The summed E-state index contributed by atoms with van der Waals surface area (Å²) >= 11 is 0. The SMILES string of the molecule is O=C(P)P.[Co]. The van der Waals surface area contributed by atoms with Gasteiger partial charge in [0.05, 0.1) is 0 Å². The fourth-order valence-electron chi connectivity index (χ4n) is 0. The van der Waals surface area contributed by atoms with Crippen LogP contribution in [0.3, 0.4) is 0 Å². The van der Waals surface area contributed by atoms with Crippen LogP contribution in [0.4, 0.5) is 4.79 Å². The van der Waals surface area contributed by atoms with Gasteiger partial charge in [0.2, 0.25) is 0 Å². The van der Waals surface area contributed by atoms with Gasteiger partial charge in [-0.15, -0.1) is 0 Å². The van der Waals surface area contributed by atoms with Gasteiger partial charge < -0.3 is 0 Å². The second-order valence-corrected chi connectivity index (χ2v) is 2.21. The van der Waals surface area contributed by atoms with E-state index in [9.17, 15) is 4.79 Å². The van der Waals surface area contributed by atoms with E-state index in [1.807, 2.05) is 18.5 Å². The molecule has 0 aromatic heterocycles. The van der Waals surface area contributed by atoms with Crippen molar-refractivity contribution in [2.24, 2.45) is 0 Å². The molecule has 0 N–H and O–H groups in total. The number of hydrogen-bond donors (Lipinski definition) is 0. The van der Waals surface area contributed by atoms with E-state index >= 15 is 0 Å². The Morgan fingerprint density at radius 1 is 1.40 bits per heavy atom. The summed E-state index contributed by atoms with van der Waals surface area (Å²) in [6.45, 7) is 0. The third kappa shape index (κ3) is 43.2. The average Bonchev–Trinajstić information content (AvgIpc) is 0.811. The van der Waals surface area contributed by atoms with Crippen molar-refractivity contribution in [2.45, 2.75) is 0 Å². The summed E-state index contributed by atoms with van der Waals surface area (Å²) in [7, 11) is 3.96. The molecule has 0 heterocycles. The Morgan fingerprint density at radius 3 is 1.40 bits per heavy atom. The van der Waals surface area contributed by atoms with Crippen LogP contribution in [-0.4, -0.2) is 5.27 Å². The molecule has 0 aliphatic rings. The van der Waals surface area contributed by atoms with E-state index in [1.165, 1.54) is 0 Å². The minimum absolute atomic E-state index is 0. The van der Waals surface area contributed by atoms with Gasteiger partial charge in [0.15, 0.2) is 5.27 Å². The summed E-state index contributed by atoms with van der Waals surface area (Å²) in [4.78, 5) is 9.37. The fourth-order valence-corrected chi connectivity index (χ4v) is 0. The van der Waals surface area contributed by atoms with Crippen LogP contribution in [-0.2, 0) is 16.8 Å². The van der Waals surface area contributed by atoms with Gasteiger partial charge >= 0.3 is 0 Å². The third-order valence-corrected chi connectivity index (χ3v) is 0. The molecule has 0 spiro atoms. The molecule has 0 saturated heterocycles. The maximum absolute atomic E-state index is 9.37. The zero-order valence-corrected chi connectivity index (χ0v) is 5.75. The average molecular weight is 153 g/mol. The van der Waals surface area contributed by atoms with Crippen LogP contribution in [0.15, 0.2) is 0 Å². The minimum Gasteiger partial charge on any atom is -0.291 e. The Labute approximate surface area is 45.9 Å². The van der Waals surface area contributed by atoms with E-state index in [2.05, 4.69) is 0 Å². The fraction of sp³-hybridized carbons (Fsp3) is 0. The van der Waals surface area contributed by atoms with Gasteiger partial charge in [-0.2, -0.15) is 0 Å². The van der Waals surface area contributed by atoms with E-state index < -0.39 is 0 Å². The molecule has 0 rings (SSSR count). The summed E-state index contributed by atoms with van der Waals surface area (Å²) in [5.41, 5.74) is 0. The number of carbonyl (C=O) groups is 1. The molecular formula is CH4CoOP2. The topological polar surface area (TPSA) is 17.1 Å². The first kappa shape index (κ1) is 9.40. The summed E-state index contributed by atoms with van der Waals surface area (Å²) in [5.74, 6) is 0. The van der Waals surface area contributed by atoms with Gasteiger partial charge in [-0.3, -0.25) is 4.79 Å². The first-order chi connectivity index (χ1) is 1.73. The normalized spacial score (nSPS) is 5.20. The van der Waals surface area contributed by atoms with Crippen molar-refractivity contribution < 1.29 is 21.6 Å². The Morgan fingerprint density at radius 2 is 1.40 bits per heavy atom. The molecule has 0 bridgehead atoms. The van der Waals surface area contributed by atoms with E-state index in [0.29, 0.717) is 0 Å². The van der Waals surface area contributed by atoms with Crippen molar-refractivity contribution in [1.29, 1.82) is 0 Å². The van der Waals surface area contributed by atoms with E-state index in [-0.39, 0.29) is 22.0 Å². The van der Waals surface area contributed by atoms with Crippen LogP contribution < -0.4 is 0 Å². The van der Waals surface area contributed by atoms with Crippen LogP contribution in [0, 0.1) is 0 Å². The summed E-state index contributed by atoms with van der Waals surface area (Å²) < 4.78 is 0. The van der Waals surface area contributed by atoms with Gasteiger partial charge in [-0.05, 0) is 0 Å². The Balaban J connectivity index is 0. The largest absolute Gasteiger partial charge is 0.291 e. The van der Waals surface area contributed by atoms with Gasteiger partial charge in [0.25, 0.3) is 0 Å². The summed E-state index contributed by atoms with van der Waals surface area (Å²) in [5, 5.41) is 0.000000000000000444. The quantitative estimate of drug-likeness (QED) is 0.471. The van der Waals surface area contributed by atoms with Crippen LogP contribution >= 0.6 is 18.5 Å². The molecule has 0 amide bonds. The third-order valence-electron chi connectivity index (χ3n) is 0. The van der Waals surface area contributed by atoms with Crippen LogP contribution in [0.5, 0.6) is 0 Å². The van der Waals surface area contributed by atoms with Crippen molar-refractivity contribution in [3.8, 4) is 0 Å². The van der Waals surface area contributed by atoms with Crippen LogP contribution in [0.1, 0.15) is 0 Å². The maximum atomic E-state index is 9.37. The van der Waals surface area contributed by atoms with Crippen molar-refractivity contribution in [3.63, 3.8) is 0 Å². The Kier molecular flexibility index (Phi) is 9.47. The molecule has 0 aliphatic carbocycles. The molecule has 0 saturated carbocycles. The Bertz CT molecular complexity index is 32.6. The standard InChI is InChI=1S/CH4OP2.Co/c2-1(3)4;/h3-4H2;. The predicted octanol–water partition coefficient (Wildman–Crippen LogP) is 0.854. The maximum Gasteiger partial charge on any atom is 0.163 e. The smallest absolute Gasteiger partial charge is 0.163 e. The number of rotatable bonds is 0. The van der Waals surface area contributed by atoms with Crippen LogP contribution in [0.2, 0.25) is 0 Å².